The molecule has 0 aromatic rings. The van der Waals surface area contributed by atoms with Gasteiger partial charge in [-0.25, -0.2) is 4.79 Å². The zero-order valence-electron chi connectivity index (χ0n) is 17.1. The summed E-state index contributed by atoms with van der Waals surface area (Å²) in [6, 6.07) is 0.221. The van der Waals surface area contributed by atoms with Crippen LogP contribution in [0.15, 0.2) is 4.99 Å². The van der Waals surface area contributed by atoms with Gasteiger partial charge in [0.2, 0.25) is 0 Å². The summed E-state index contributed by atoms with van der Waals surface area (Å²) in [5.41, 5.74) is -0.119. The quantitative estimate of drug-likeness (QED) is 0.391. The molecule has 1 heterocycles. The molecule has 0 radical (unpaired) electrons. The molecule has 0 aromatic carbocycles. The second kappa shape index (κ2) is 8.93. The fourth-order valence-electron chi connectivity index (χ4n) is 2.90. The van der Waals surface area contributed by atoms with Gasteiger partial charge in [0.05, 0.1) is 6.04 Å². The van der Waals surface area contributed by atoms with Crippen molar-refractivity contribution in [3.63, 3.8) is 0 Å². The average Bonchev–Trinajstić information content (AvgIpc) is 3.26. The van der Waals surface area contributed by atoms with E-state index in [1.165, 1.54) is 12.8 Å². The lowest BCUT2D eigenvalue weighted by Crippen LogP contribution is -2.63. The van der Waals surface area contributed by atoms with E-state index in [0.29, 0.717) is 18.5 Å². The lowest BCUT2D eigenvalue weighted by molar-refractivity contribution is 0.00701. The third kappa shape index (κ3) is 6.67. The first kappa shape index (κ1) is 20.8. The Kier molecular flexibility index (Phi) is 7.15. The van der Waals surface area contributed by atoms with Crippen molar-refractivity contribution < 1.29 is 14.3 Å². The van der Waals surface area contributed by atoms with E-state index in [1.807, 2.05) is 27.7 Å². The molecule has 1 amide bonds. The molecule has 0 unspecified atom stereocenters. The summed E-state index contributed by atoms with van der Waals surface area (Å²) >= 11 is 0. The third-order valence-corrected chi connectivity index (χ3v) is 4.73. The molecule has 0 atom stereocenters. The molecule has 2 N–H and O–H groups in total. The van der Waals surface area contributed by atoms with Crippen molar-refractivity contribution in [2.45, 2.75) is 65.5 Å². The van der Waals surface area contributed by atoms with Gasteiger partial charge >= 0.3 is 6.09 Å². The number of nitrogens with one attached hydrogen (secondary N) is 2. The highest BCUT2D eigenvalue weighted by Gasteiger charge is 2.42. The minimum atomic E-state index is -0.452. The Morgan fingerprint density at radius 1 is 1.27 bits per heavy atom. The Labute approximate surface area is 157 Å². The van der Waals surface area contributed by atoms with Crippen LogP contribution in [0.5, 0.6) is 0 Å². The summed E-state index contributed by atoms with van der Waals surface area (Å²) < 4.78 is 10.9. The summed E-state index contributed by atoms with van der Waals surface area (Å²) in [6.07, 6.45) is 3.31. The standard InChI is InChI=1S/C19H36N4O3/c1-6-20-16(21-14-19(8-9-19)10-11-25-7-2)22-15-12-23(13-15)17(24)26-18(3,4)5/h15H,6-14H2,1-5H3,(H2,20,21,22). The van der Waals surface area contributed by atoms with Crippen molar-refractivity contribution in [3.8, 4) is 0 Å². The van der Waals surface area contributed by atoms with Gasteiger partial charge in [0.1, 0.15) is 5.60 Å². The number of likely N-dealkylation sites (tertiary alicyclic amines) is 1. The van der Waals surface area contributed by atoms with Crippen LogP contribution in [0.25, 0.3) is 0 Å². The number of aliphatic imine (C=N–C) groups is 1. The number of ether oxygens (including phenoxy) is 2. The Morgan fingerprint density at radius 3 is 2.50 bits per heavy atom. The lowest BCUT2D eigenvalue weighted by Gasteiger charge is -2.40. The van der Waals surface area contributed by atoms with Crippen molar-refractivity contribution in [1.29, 1.82) is 0 Å². The van der Waals surface area contributed by atoms with E-state index in [4.69, 9.17) is 14.5 Å². The first-order valence-electron chi connectivity index (χ1n) is 9.87. The maximum Gasteiger partial charge on any atom is 0.410 e. The van der Waals surface area contributed by atoms with E-state index in [0.717, 1.165) is 38.7 Å². The minimum Gasteiger partial charge on any atom is -0.444 e. The largest absolute Gasteiger partial charge is 0.444 e. The first-order valence-corrected chi connectivity index (χ1v) is 9.87. The number of hydrogen-bond acceptors (Lipinski definition) is 4. The second-order valence-corrected chi connectivity index (χ2v) is 8.37. The summed E-state index contributed by atoms with van der Waals surface area (Å²) in [4.78, 5) is 18.5. The molecule has 26 heavy (non-hydrogen) atoms. The van der Waals surface area contributed by atoms with Crippen molar-refractivity contribution >= 4 is 12.1 Å². The Hall–Kier alpha value is -1.50. The van der Waals surface area contributed by atoms with Crippen molar-refractivity contribution in [1.82, 2.24) is 15.5 Å². The molecular weight excluding hydrogens is 332 g/mol. The lowest BCUT2D eigenvalue weighted by atomic mass is 10.0. The first-order chi connectivity index (χ1) is 12.3. The van der Waals surface area contributed by atoms with Crippen molar-refractivity contribution in [2.24, 2.45) is 10.4 Å². The SMILES string of the molecule is CCNC(=NCC1(CCOCC)CC1)NC1CN(C(=O)OC(C)(C)C)C1. The highest BCUT2D eigenvalue weighted by Crippen LogP contribution is 2.49. The average molecular weight is 369 g/mol. The predicted molar refractivity (Wildman–Crippen MR) is 103 cm³/mol. The maximum absolute atomic E-state index is 12.0. The van der Waals surface area contributed by atoms with Gasteiger partial charge in [-0.3, -0.25) is 4.99 Å². The Balaban J connectivity index is 1.76. The monoisotopic (exact) mass is 368 g/mol. The fraction of sp³-hybridized carbons (Fsp3) is 0.895. The number of carbonyl (C=O) groups excluding carboxylic acids is 1. The van der Waals surface area contributed by atoms with Gasteiger partial charge in [-0.2, -0.15) is 0 Å². The molecule has 7 nitrogen and oxygen atoms in total. The van der Waals surface area contributed by atoms with Gasteiger partial charge in [-0.1, -0.05) is 0 Å². The van der Waals surface area contributed by atoms with E-state index in [-0.39, 0.29) is 12.1 Å². The molecular formula is C19H36N4O3. The van der Waals surface area contributed by atoms with E-state index in [9.17, 15) is 4.79 Å². The molecule has 0 aromatic heterocycles. The molecule has 2 aliphatic rings. The number of carbonyl (C=O) groups is 1. The van der Waals surface area contributed by atoms with E-state index < -0.39 is 5.60 Å². The Morgan fingerprint density at radius 2 is 1.96 bits per heavy atom. The van der Waals surface area contributed by atoms with E-state index >= 15 is 0 Å². The smallest absolute Gasteiger partial charge is 0.410 e. The van der Waals surface area contributed by atoms with Gasteiger partial charge in [0, 0.05) is 39.4 Å². The topological polar surface area (TPSA) is 75.2 Å². The molecule has 1 aliphatic heterocycles. The second-order valence-electron chi connectivity index (χ2n) is 8.37. The van der Waals surface area contributed by atoms with Crippen LogP contribution in [0.2, 0.25) is 0 Å². The van der Waals surface area contributed by atoms with Gasteiger partial charge < -0.3 is 25.0 Å². The van der Waals surface area contributed by atoms with Crippen LogP contribution in [0.3, 0.4) is 0 Å². The number of rotatable bonds is 8. The van der Waals surface area contributed by atoms with Gasteiger partial charge in [-0.05, 0) is 59.3 Å². The van der Waals surface area contributed by atoms with Crippen LogP contribution in [0.1, 0.15) is 53.9 Å². The van der Waals surface area contributed by atoms with E-state index in [1.54, 1.807) is 4.90 Å². The van der Waals surface area contributed by atoms with E-state index in [2.05, 4.69) is 17.6 Å². The van der Waals surface area contributed by atoms with Crippen molar-refractivity contribution in [2.75, 3.05) is 39.4 Å². The molecule has 1 saturated carbocycles. The maximum atomic E-state index is 12.0. The predicted octanol–water partition coefficient (Wildman–Crippen LogP) is 2.37. The van der Waals surface area contributed by atoms with Crippen LogP contribution in [0.4, 0.5) is 4.79 Å². The molecule has 0 bridgehead atoms. The van der Waals surface area contributed by atoms with Crippen LogP contribution in [0, 0.1) is 5.41 Å². The van der Waals surface area contributed by atoms with Crippen LogP contribution >= 0.6 is 0 Å². The molecule has 150 valence electrons. The van der Waals surface area contributed by atoms with Gasteiger partial charge in [0.15, 0.2) is 5.96 Å². The number of guanidine groups is 1. The highest BCUT2D eigenvalue weighted by atomic mass is 16.6. The summed E-state index contributed by atoms with van der Waals surface area (Å²) in [5, 5.41) is 6.73. The minimum absolute atomic E-state index is 0.221. The third-order valence-electron chi connectivity index (χ3n) is 4.73. The molecule has 1 saturated heterocycles. The van der Waals surface area contributed by atoms with Crippen LogP contribution < -0.4 is 10.6 Å². The molecule has 2 rings (SSSR count). The molecule has 1 aliphatic carbocycles. The van der Waals surface area contributed by atoms with Crippen LogP contribution in [-0.2, 0) is 9.47 Å². The zero-order chi connectivity index (χ0) is 19.2. The Bertz CT molecular complexity index is 492. The summed E-state index contributed by atoms with van der Waals surface area (Å²) in [5.74, 6) is 0.837. The van der Waals surface area contributed by atoms with Gasteiger partial charge in [0.25, 0.3) is 0 Å². The normalized spacial score (nSPS) is 19.7. The summed E-state index contributed by atoms with van der Waals surface area (Å²) in [6.45, 7) is 14.3. The summed E-state index contributed by atoms with van der Waals surface area (Å²) in [7, 11) is 0. The van der Waals surface area contributed by atoms with Crippen LogP contribution in [-0.4, -0.2) is 68.0 Å². The zero-order valence-corrected chi connectivity index (χ0v) is 17.1. The highest BCUT2D eigenvalue weighted by molar-refractivity contribution is 5.80. The molecule has 7 heteroatoms. The van der Waals surface area contributed by atoms with Gasteiger partial charge in [-0.15, -0.1) is 0 Å². The number of nitrogens with zero attached hydrogens (tertiary/aromatic N) is 2. The fourth-order valence-corrected chi connectivity index (χ4v) is 2.90. The molecule has 2 fully saturated rings. The number of hydrogen-bond donors (Lipinski definition) is 2. The number of amides is 1. The van der Waals surface area contributed by atoms with Crippen molar-refractivity contribution in [3.05, 3.63) is 0 Å². The molecule has 0 spiro atoms.